The summed E-state index contributed by atoms with van der Waals surface area (Å²) in [6.07, 6.45) is 2.25. The number of benzene rings is 1. The average molecular weight is 308 g/mol. The van der Waals surface area contributed by atoms with E-state index >= 15 is 0 Å². The van der Waals surface area contributed by atoms with Gasteiger partial charge in [0.1, 0.15) is 5.82 Å². The van der Waals surface area contributed by atoms with Crippen molar-refractivity contribution in [2.24, 2.45) is 0 Å². The van der Waals surface area contributed by atoms with E-state index < -0.39 is 0 Å². The van der Waals surface area contributed by atoms with Gasteiger partial charge >= 0.3 is 0 Å². The minimum Gasteiger partial charge on any atom is -0.308 e. The Kier molecular flexibility index (Phi) is 5.37. The van der Waals surface area contributed by atoms with Crippen molar-refractivity contribution in [1.82, 2.24) is 14.9 Å². The molecule has 1 aromatic heterocycles. The first-order valence-corrected chi connectivity index (χ1v) is 7.89. The van der Waals surface area contributed by atoms with Gasteiger partial charge in [-0.25, -0.2) is 4.98 Å². The molecule has 0 spiro atoms. The number of unbranched alkanes of at least 4 members (excludes halogenated alkanes) is 1. The maximum atomic E-state index is 12.6. The highest BCUT2D eigenvalue weighted by Gasteiger charge is 2.15. The Morgan fingerprint density at radius 1 is 1.38 bits per heavy atom. The second-order valence-corrected chi connectivity index (χ2v) is 5.65. The van der Waals surface area contributed by atoms with Crippen LogP contribution in [0.25, 0.3) is 10.9 Å². The second kappa shape index (κ2) is 7.05. The molecule has 5 heteroatoms. The number of nitrogens with zero attached hydrogens (tertiary/aromatic N) is 2. The zero-order valence-corrected chi connectivity index (χ0v) is 13.6. The molecular formula is C16H22ClN3O. The Labute approximate surface area is 130 Å². The summed E-state index contributed by atoms with van der Waals surface area (Å²) in [5, 5.41) is 4.64. The lowest BCUT2D eigenvalue weighted by Gasteiger charge is -2.18. The second-order valence-electron chi connectivity index (χ2n) is 5.21. The van der Waals surface area contributed by atoms with E-state index in [0.29, 0.717) is 22.5 Å². The van der Waals surface area contributed by atoms with E-state index in [1.54, 1.807) is 22.8 Å². The van der Waals surface area contributed by atoms with E-state index in [1.807, 2.05) is 13.8 Å². The van der Waals surface area contributed by atoms with Gasteiger partial charge in [-0.3, -0.25) is 9.36 Å². The first kappa shape index (κ1) is 16.0. The average Bonchev–Trinajstić information content (AvgIpc) is 2.46. The Hall–Kier alpha value is -1.39. The third-order valence-electron chi connectivity index (χ3n) is 3.63. The number of hydrogen-bond acceptors (Lipinski definition) is 3. The summed E-state index contributed by atoms with van der Waals surface area (Å²) in [5.41, 5.74) is 0.662. The minimum atomic E-state index is -0.00157. The van der Waals surface area contributed by atoms with Crippen LogP contribution < -0.4 is 10.9 Å². The quantitative estimate of drug-likeness (QED) is 0.831. The monoisotopic (exact) mass is 307 g/mol. The largest absolute Gasteiger partial charge is 0.308 e. The van der Waals surface area contributed by atoms with Gasteiger partial charge < -0.3 is 5.32 Å². The Morgan fingerprint density at radius 3 is 2.81 bits per heavy atom. The summed E-state index contributed by atoms with van der Waals surface area (Å²) in [6, 6.07) is 5.27. The molecule has 0 aliphatic heterocycles. The number of rotatable bonds is 6. The highest BCUT2D eigenvalue weighted by Crippen LogP contribution is 2.18. The van der Waals surface area contributed by atoms with E-state index in [9.17, 15) is 4.79 Å². The topological polar surface area (TPSA) is 46.9 Å². The SMILES string of the molecule is CCCCNC(C)c1nc2cc(Cl)ccc2c(=O)n1CC. The number of nitrogens with one attached hydrogen (secondary N) is 1. The number of fused-ring (bicyclic) bond motifs is 1. The van der Waals surface area contributed by atoms with Crippen LogP contribution in [0.2, 0.25) is 5.02 Å². The molecule has 0 saturated carbocycles. The molecule has 0 bridgehead atoms. The molecule has 2 aromatic rings. The van der Waals surface area contributed by atoms with Crippen molar-refractivity contribution < 1.29 is 0 Å². The standard InChI is InChI=1S/C16H22ClN3O/c1-4-6-9-18-11(3)15-19-14-10-12(17)7-8-13(14)16(21)20(15)5-2/h7-8,10-11,18H,4-6,9H2,1-3H3. The highest BCUT2D eigenvalue weighted by atomic mass is 35.5. The third-order valence-corrected chi connectivity index (χ3v) is 3.87. The van der Waals surface area contributed by atoms with Crippen LogP contribution in [-0.2, 0) is 6.54 Å². The molecule has 0 amide bonds. The van der Waals surface area contributed by atoms with E-state index in [1.165, 1.54) is 0 Å². The minimum absolute atomic E-state index is 0.00157. The highest BCUT2D eigenvalue weighted by molar-refractivity contribution is 6.31. The summed E-state index contributed by atoms with van der Waals surface area (Å²) in [4.78, 5) is 17.2. The Morgan fingerprint density at radius 2 is 2.14 bits per heavy atom. The zero-order valence-electron chi connectivity index (χ0n) is 12.8. The first-order chi connectivity index (χ1) is 10.1. The predicted molar refractivity (Wildman–Crippen MR) is 88.0 cm³/mol. The fraction of sp³-hybridized carbons (Fsp3) is 0.500. The lowest BCUT2D eigenvalue weighted by molar-refractivity contribution is 0.497. The summed E-state index contributed by atoms with van der Waals surface area (Å²) in [7, 11) is 0. The summed E-state index contributed by atoms with van der Waals surface area (Å²) >= 11 is 6.01. The van der Waals surface area contributed by atoms with Gasteiger partial charge in [0, 0.05) is 11.6 Å². The van der Waals surface area contributed by atoms with Crippen LogP contribution in [0.1, 0.15) is 45.5 Å². The third kappa shape index (κ3) is 3.44. The van der Waals surface area contributed by atoms with Crippen LogP contribution >= 0.6 is 11.6 Å². The fourth-order valence-corrected chi connectivity index (χ4v) is 2.60. The molecule has 1 atom stereocenters. The molecule has 1 aromatic carbocycles. The summed E-state index contributed by atoms with van der Waals surface area (Å²) in [5.74, 6) is 0.772. The smallest absolute Gasteiger partial charge is 0.261 e. The van der Waals surface area contributed by atoms with Crippen LogP contribution in [0.3, 0.4) is 0 Å². The van der Waals surface area contributed by atoms with Crippen molar-refractivity contribution in [2.75, 3.05) is 6.54 Å². The van der Waals surface area contributed by atoms with Crippen LogP contribution in [0.4, 0.5) is 0 Å². The molecule has 0 aliphatic rings. The van der Waals surface area contributed by atoms with Crippen LogP contribution in [0.5, 0.6) is 0 Å². The van der Waals surface area contributed by atoms with Crippen molar-refractivity contribution in [1.29, 1.82) is 0 Å². The molecule has 1 heterocycles. The molecule has 1 N–H and O–H groups in total. The van der Waals surface area contributed by atoms with Gasteiger partial charge in [-0.2, -0.15) is 0 Å². The van der Waals surface area contributed by atoms with Crippen molar-refractivity contribution >= 4 is 22.5 Å². The van der Waals surface area contributed by atoms with E-state index in [4.69, 9.17) is 11.6 Å². The van der Waals surface area contributed by atoms with Gasteiger partial charge in [-0.15, -0.1) is 0 Å². The lowest BCUT2D eigenvalue weighted by atomic mass is 10.2. The molecule has 114 valence electrons. The van der Waals surface area contributed by atoms with Crippen molar-refractivity contribution in [3.8, 4) is 0 Å². The van der Waals surface area contributed by atoms with E-state index in [0.717, 1.165) is 25.2 Å². The molecule has 0 radical (unpaired) electrons. The molecule has 0 fully saturated rings. The summed E-state index contributed by atoms with van der Waals surface area (Å²) in [6.45, 7) is 7.70. The molecule has 1 unspecified atom stereocenters. The lowest BCUT2D eigenvalue weighted by Crippen LogP contribution is -2.31. The van der Waals surface area contributed by atoms with Crippen LogP contribution in [-0.4, -0.2) is 16.1 Å². The molecule has 2 rings (SSSR count). The van der Waals surface area contributed by atoms with Gasteiger partial charge in [0.15, 0.2) is 0 Å². The fourth-order valence-electron chi connectivity index (χ4n) is 2.43. The number of halogens is 1. The van der Waals surface area contributed by atoms with Gasteiger partial charge in [0.2, 0.25) is 0 Å². The summed E-state index contributed by atoms with van der Waals surface area (Å²) < 4.78 is 1.74. The Bertz CT molecular complexity index is 681. The zero-order chi connectivity index (χ0) is 15.4. The molecule has 0 saturated heterocycles. The molecule has 4 nitrogen and oxygen atoms in total. The van der Waals surface area contributed by atoms with Crippen LogP contribution in [0.15, 0.2) is 23.0 Å². The predicted octanol–water partition coefficient (Wildman–Crippen LogP) is 3.52. The van der Waals surface area contributed by atoms with Gasteiger partial charge in [0.05, 0.1) is 16.9 Å². The van der Waals surface area contributed by atoms with Gasteiger partial charge in [-0.1, -0.05) is 24.9 Å². The maximum Gasteiger partial charge on any atom is 0.261 e. The number of hydrogen-bond donors (Lipinski definition) is 1. The molecular weight excluding hydrogens is 286 g/mol. The van der Waals surface area contributed by atoms with E-state index in [2.05, 4.69) is 17.2 Å². The van der Waals surface area contributed by atoms with E-state index in [-0.39, 0.29) is 11.6 Å². The van der Waals surface area contributed by atoms with Crippen LogP contribution in [0, 0.1) is 0 Å². The molecule has 21 heavy (non-hydrogen) atoms. The maximum absolute atomic E-state index is 12.6. The van der Waals surface area contributed by atoms with Gasteiger partial charge in [0.25, 0.3) is 5.56 Å². The normalized spacial score (nSPS) is 12.8. The van der Waals surface area contributed by atoms with Gasteiger partial charge in [-0.05, 0) is 45.0 Å². The van der Waals surface area contributed by atoms with Crippen molar-refractivity contribution in [3.63, 3.8) is 0 Å². The Balaban J connectivity index is 2.48. The van der Waals surface area contributed by atoms with Crippen molar-refractivity contribution in [2.45, 2.75) is 46.2 Å². The number of aromatic nitrogens is 2. The molecule has 0 aliphatic carbocycles. The first-order valence-electron chi connectivity index (χ1n) is 7.51. The van der Waals surface area contributed by atoms with Crippen molar-refractivity contribution in [3.05, 3.63) is 39.4 Å².